The van der Waals surface area contributed by atoms with Crippen LogP contribution in [0.5, 0.6) is 0 Å². The molecule has 2 fully saturated rings. The van der Waals surface area contributed by atoms with E-state index in [-0.39, 0.29) is 29.7 Å². The molecule has 2 heterocycles. The van der Waals surface area contributed by atoms with Crippen molar-refractivity contribution in [2.75, 3.05) is 11.4 Å². The number of aromatic nitrogens is 1. The summed E-state index contributed by atoms with van der Waals surface area (Å²) in [7, 11) is 0. The maximum absolute atomic E-state index is 14.1. The van der Waals surface area contributed by atoms with Crippen LogP contribution in [0.2, 0.25) is 0 Å². The SMILES string of the molecule is CC1C=CC=CC1[C@@H]1[C@@H](NCC2CC2)C(C)(C)C(=O)N1c1ccc2c(ccn2-c2ccc(F)cc2)c1. The van der Waals surface area contributed by atoms with Gasteiger partial charge in [0.25, 0.3) is 0 Å². The lowest BCUT2D eigenvalue weighted by Crippen LogP contribution is -2.52. The lowest BCUT2D eigenvalue weighted by molar-refractivity contribution is -0.124. The number of nitrogens with zero attached hydrogens (tertiary/aromatic N) is 2. The highest BCUT2D eigenvalue weighted by molar-refractivity contribution is 6.03. The molecule has 186 valence electrons. The van der Waals surface area contributed by atoms with Crippen molar-refractivity contribution in [2.45, 2.75) is 45.7 Å². The Labute approximate surface area is 212 Å². The van der Waals surface area contributed by atoms with E-state index in [0.717, 1.165) is 34.7 Å². The Kier molecular flexibility index (Phi) is 5.64. The van der Waals surface area contributed by atoms with Gasteiger partial charge in [0.1, 0.15) is 5.82 Å². The fourth-order valence-corrected chi connectivity index (χ4v) is 6.10. The molecule has 1 aromatic heterocycles. The fourth-order valence-electron chi connectivity index (χ4n) is 6.10. The van der Waals surface area contributed by atoms with Gasteiger partial charge in [-0.2, -0.15) is 0 Å². The summed E-state index contributed by atoms with van der Waals surface area (Å²) in [4.78, 5) is 16.1. The first-order valence-corrected chi connectivity index (χ1v) is 13.1. The minimum absolute atomic E-state index is 0.0269. The van der Waals surface area contributed by atoms with E-state index in [9.17, 15) is 9.18 Å². The largest absolute Gasteiger partial charge is 0.317 e. The Balaban J connectivity index is 1.41. The molecule has 4 atom stereocenters. The molecule has 0 bridgehead atoms. The Morgan fingerprint density at radius 2 is 1.72 bits per heavy atom. The van der Waals surface area contributed by atoms with Crippen molar-refractivity contribution in [1.29, 1.82) is 0 Å². The minimum Gasteiger partial charge on any atom is -0.317 e. The van der Waals surface area contributed by atoms with Crippen LogP contribution in [0.4, 0.5) is 10.1 Å². The molecule has 6 rings (SSSR count). The molecule has 2 unspecified atom stereocenters. The van der Waals surface area contributed by atoms with Gasteiger partial charge in [-0.25, -0.2) is 4.39 Å². The van der Waals surface area contributed by atoms with Crippen molar-refractivity contribution in [2.24, 2.45) is 23.2 Å². The lowest BCUT2D eigenvalue weighted by atomic mass is 9.75. The van der Waals surface area contributed by atoms with Crippen LogP contribution in [0, 0.1) is 29.0 Å². The third kappa shape index (κ3) is 3.90. The van der Waals surface area contributed by atoms with Crippen molar-refractivity contribution < 1.29 is 9.18 Å². The van der Waals surface area contributed by atoms with Crippen LogP contribution >= 0.6 is 0 Å². The van der Waals surface area contributed by atoms with Gasteiger partial charge in [0.05, 0.1) is 17.0 Å². The molecule has 3 aliphatic rings. The van der Waals surface area contributed by atoms with Gasteiger partial charge in [-0.15, -0.1) is 0 Å². The smallest absolute Gasteiger partial charge is 0.234 e. The number of nitrogens with one attached hydrogen (secondary N) is 1. The molecule has 3 aromatic rings. The summed E-state index contributed by atoms with van der Waals surface area (Å²) >= 11 is 0. The Morgan fingerprint density at radius 3 is 2.44 bits per heavy atom. The third-order valence-electron chi connectivity index (χ3n) is 8.43. The summed E-state index contributed by atoms with van der Waals surface area (Å²) < 4.78 is 15.5. The van der Waals surface area contributed by atoms with E-state index in [0.29, 0.717) is 5.92 Å². The van der Waals surface area contributed by atoms with Crippen molar-refractivity contribution in [3.63, 3.8) is 0 Å². The van der Waals surface area contributed by atoms with Crippen LogP contribution < -0.4 is 10.2 Å². The molecular formula is C31H34FN3O. The first-order chi connectivity index (χ1) is 17.3. The maximum Gasteiger partial charge on any atom is 0.234 e. The summed E-state index contributed by atoms with van der Waals surface area (Å²) in [5.74, 6) is 1.25. The van der Waals surface area contributed by atoms with E-state index >= 15 is 0 Å². The standard InChI is InChI=1S/C31H34FN3O/c1-20-6-4-5-7-26(20)28-29(33-19-21-8-9-21)31(2,3)30(36)35(28)25-14-15-27-22(18-25)16-17-34(27)24-12-10-23(32)11-13-24/h4-7,10-18,20-21,26,28-29,33H,8-9,19H2,1-3H3/t20?,26?,28-,29-/m1/s1. The van der Waals surface area contributed by atoms with Crippen LogP contribution in [0.15, 0.2) is 79.0 Å². The summed E-state index contributed by atoms with van der Waals surface area (Å²) in [6, 6.07) is 15.0. The molecule has 4 nitrogen and oxygen atoms in total. The zero-order valence-corrected chi connectivity index (χ0v) is 21.2. The van der Waals surface area contributed by atoms with Crippen LogP contribution in [0.1, 0.15) is 33.6 Å². The van der Waals surface area contributed by atoms with Gasteiger partial charge >= 0.3 is 0 Å². The van der Waals surface area contributed by atoms with Gasteiger partial charge in [-0.05, 0) is 93.6 Å². The first kappa shape index (κ1) is 23.2. The van der Waals surface area contributed by atoms with Crippen molar-refractivity contribution in [3.05, 3.63) is 84.8 Å². The minimum atomic E-state index is -0.511. The number of hydrogen-bond donors (Lipinski definition) is 1. The summed E-state index contributed by atoms with van der Waals surface area (Å²) in [6.45, 7) is 7.43. The average Bonchev–Trinajstić information content (AvgIpc) is 3.56. The Hall–Kier alpha value is -3.18. The number of carbonyl (C=O) groups excluding carboxylic acids is 1. The highest BCUT2D eigenvalue weighted by atomic mass is 19.1. The normalized spacial score (nSPS) is 27.3. The monoisotopic (exact) mass is 483 g/mol. The summed E-state index contributed by atoms with van der Waals surface area (Å²) in [5, 5.41) is 4.90. The van der Waals surface area contributed by atoms with Crippen LogP contribution in [0.25, 0.3) is 16.6 Å². The number of carbonyl (C=O) groups is 1. The van der Waals surface area contributed by atoms with Gasteiger partial charge in [-0.3, -0.25) is 4.79 Å². The Bertz CT molecular complexity index is 1350. The molecule has 0 spiro atoms. The van der Waals surface area contributed by atoms with Gasteiger partial charge in [0.2, 0.25) is 5.91 Å². The Morgan fingerprint density at radius 1 is 1.00 bits per heavy atom. The van der Waals surface area contributed by atoms with E-state index < -0.39 is 5.41 Å². The number of rotatable bonds is 6. The molecule has 1 saturated heterocycles. The number of benzene rings is 2. The second kappa shape index (κ2) is 8.74. The number of allylic oxidation sites excluding steroid dienone is 3. The van der Waals surface area contributed by atoms with Gasteiger partial charge in [0.15, 0.2) is 0 Å². The van der Waals surface area contributed by atoms with E-state index in [4.69, 9.17) is 0 Å². The predicted octanol–water partition coefficient (Wildman–Crippen LogP) is 6.26. The predicted molar refractivity (Wildman–Crippen MR) is 144 cm³/mol. The van der Waals surface area contributed by atoms with E-state index in [1.54, 1.807) is 12.1 Å². The number of fused-ring (bicyclic) bond motifs is 1. The topological polar surface area (TPSA) is 37.3 Å². The van der Waals surface area contributed by atoms with Gasteiger partial charge in [0, 0.05) is 34.9 Å². The first-order valence-electron chi connectivity index (χ1n) is 13.1. The zero-order chi connectivity index (χ0) is 25.0. The molecule has 1 amide bonds. The quantitative estimate of drug-likeness (QED) is 0.449. The lowest BCUT2D eigenvalue weighted by Gasteiger charge is -2.38. The second-order valence-corrected chi connectivity index (χ2v) is 11.3. The average molecular weight is 484 g/mol. The molecule has 1 aliphatic heterocycles. The van der Waals surface area contributed by atoms with Gasteiger partial charge in [-0.1, -0.05) is 31.2 Å². The molecular weight excluding hydrogens is 449 g/mol. The number of halogens is 1. The maximum atomic E-state index is 14.1. The second-order valence-electron chi connectivity index (χ2n) is 11.3. The molecule has 1 N–H and O–H groups in total. The van der Waals surface area contributed by atoms with Crippen LogP contribution in [-0.2, 0) is 4.79 Å². The molecule has 1 saturated carbocycles. The highest BCUT2D eigenvalue weighted by Crippen LogP contribution is 2.45. The fraction of sp³-hybridized carbons (Fsp3) is 0.387. The summed E-state index contributed by atoms with van der Waals surface area (Å²) in [5.41, 5.74) is 2.37. The van der Waals surface area contributed by atoms with Crippen LogP contribution in [0.3, 0.4) is 0 Å². The molecule has 2 aliphatic carbocycles. The van der Waals surface area contributed by atoms with E-state index in [1.807, 2.05) is 6.20 Å². The summed E-state index contributed by atoms with van der Waals surface area (Å²) in [6.07, 6.45) is 13.4. The van der Waals surface area contributed by atoms with Crippen molar-refractivity contribution in [3.8, 4) is 5.69 Å². The zero-order valence-electron chi connectivity index (χ0n) is 21.2. The molecule has 2 aromatic carbocycles. The molecule has 36 heavy (non-hydrogen) atoms. The van der Waals surface area contributed by atoms with Crippen molar-refractivity contribution >= 4 is 22.5 Å². The third-order valence-corrected chi connectivity index (χ3v) is 8.43. The highest BCUT2D eigenvalue weighted by Gasteiger charge is 2.56. The van der Waals surface area contributed by atoms with Crippen molar-refractivity contribution in [1.82, 2.24) is 9.88 Å². The number of hydrogen-bond acceptors (Lipinski definition) is 2. The number of amides is 1. The van der Waals surface area contributed by atoms with E-state index in [2.05, 4.69) is 84.1 Å². The van der Waals surface area contributed by atoms with Gasteiger partial charge < -0.3 is 14.8 Å². The number of anilines is 1. The molecule has 5 heteroatoms. The van der Waals surface area contributed by atoms with Crippen LogP contribution in [-0.4, -0.2) is 29.1 Å². The molecule has 0 radical (unpaired) electrons. The van der Waals surface area contributed by atoms with E-state index in [1.165, 1.54) is 25.0 Å².